The van der Waals surface area contributed by atoms with Crippen LogP contribution in [0.5, 0.6) is 0 Å². The maximum Gasteiger partial charge on any atom is 0.224 e. The molecular formula is C10H11NO3. The zero-order chi connectivity index (χ0) is 10.6. The zero-order valence-corrected chi connectivity index (χ0v) is 8.11. The fraction of sp³-hybridized carbons (Fsp3) is 0.200. The van der Waals surface area contributed by atoms with E-state index in [2.05, 4.69) is 11.6 Å². The van der Waals surface area contributed by atoms with E-state index in [1.165, 1.54) is 13.3 Å². The average Bonchev–Trinajstić information content (AvgIpc) is 2.56. The molecule has 14 heavy (non-hydrogen) atoms. The normalized spacial score (nSPS) is 11.1. The number of ether oxygens (including phenoxy) is 1. The second kappa shape index (κ2) is 4.41. The first-order chi connectivity index (χ1) is 6.72. The quantitative estimate of drug-likeness (QED) is 0.418. The van der Waals surface area contributed by atoms with Crippen LogP contribution < -0.4 is 0 Å². The highest BCUT2D eigenvalue weighted by molar-refractivity contribution is 5.96. The Morgan fingerprint density at radius 2 is 2.43 bits per heavy atom. The molecule has 4 heteroatoms. The SMILES string of the molecule is C=CN=C(OC)c1cc(C=O)oc1C. The second-order valence-electron chi connectivity index (χ2n) is 2.56. The minimum Gasteiger partial charge on any atom is -0.480 e. The first-order valence-corrected chi connectivity index (χ1v) is 4.01. The van der Waals surface area contributed by atoms with Crippen LogP contribution in [0.25, 0.3) is 0 Å². The molecule has 0 fully saturated rings. The molecule has 0 saturated heterocycles. The predicted molar refractivity (Wildman–Crippen MR) is 52.6 cm³/mol. The molecule has 0 aliphatic rings. The van der Waals surface area contributed by atoms with Gasteiger partial charge in [-0.05, 0) is 6.92 Å². The van der Waals surface area contributed by atoms with Gasteiger partial charge in [-0.15, -0.1) is 0 Å². The van der Waals surface area contributed by atoms with Gasteiger partial charge in [-0.1, -0.05) is 6.58 Å². The summed E-state index contributed by atoms with van der Waals surface area (Å²) in [5, 5.41) is 0. The molecule has 74 valence electrons. The number of hydrogen-bond acceptors (Lipinski definition) is 4. The summed E-state index contributed by atoms with van der Waals surface area (Å²) in [6.45, 7) is 5.20. The highest BCUT2D eigenvalue weighted by Crippen LogP contribution is 2.14. The Bertz CT molecular complexity index is 377. The lowest BCUT2D eigenvalue weighted by Gasteiger charge is -2.00. The first kappa shape index (κ1) is 10.2. The highest BCUT2D eigenvalue weighted by atomic mass is 16.5. The van der Waals surface area contributed by atoms with Gasteiger partial charge in [-0.3, -0.25) is 4.79 Å². The van der Waals surface area contributed by atoms with E-state index in [4.69, 9.17) is 9.15 Å². The van der Waals surface area contributed by atoms with E-state index in [9.17, 15) is 4.79 Å². The molecular weight excluding hydrogens is 182 g/mol. The third-order valence-corrected chi connectivity index (χ3v) is 1.69. The number of furan rings is 1. The third kappa shape index (κ3) is 1.90. The second-order valence-corrected chi connectivity index (χ2v) is 2.56. The fourth-order valence-electron chi connectivity index (χ4n) is 1.09. The topological polar surface area (TPSA) is 51.8 Å². The number of methoxy groups -OCH3 is 1. The van der Waals surface area contributed by atoms with Crippen molar-refractivity contribution in [3.63, 3.8) is 0 Å². The number of nitrogens with zero attached hydrogens (tertiary/aromatic N) is 1. The van der Waals surface area contributed by atoms with Crippen LogP contribution in [0.15, 0.2) is 28.3 Å². The molecule has 0 radical (unpaired) electrons. The fourth-order valence-corrected chi connectivity index (χ4v) is 1.09. The van der Waals surface area contributed by atoms with E-state index in [1.807, 2.05) is 0 Å². The Kier molecular flexibility index (Phi) is 3.23. The van der Waals surface area contributed by atoms with E-state index < -0.39 is 0 Å². The van der Waals surface area contributed by atoms with Crippen molar-refractivity contribution in [3.8, 4) is 0 Å². The minimum atomic E-state index is 0.256. The van der Waals surface area contributed by atoms with Crippen LogP contribution in [-0.2, 0) is 4.74 Å². The lowest BCUT2D eigenvalue weighted by molar-refractivity contribution is 0.109. The summed E-state index contributed by atoms with van der Waals surface area (Å²) in [6.07, 6.45) is 2.00. The first-order valence-electron chi connectivity index (χ1n) is 4.01. The smallest absolute Gasteiger partial charge is 0.224 e. The Hall–Kier alpha value is -1.84. The van der Waals surface area contributed by atoms with Crippen molar-refractivity contribution in [2.24, 2.45) is 4.99 Å². The van der Waals surface area contributed by atoms with Crippen molar-refractivity contribution in [3.05, 3.63) is 35.9 Å². The monoisotopic (exact) mass is 193 g/mol. The molecule has 1 rings (SSSR count). The number of aryl methyl sites for hydroxylation is 1. The molecule has 0 atom stereocenters. The molecule has 0 unspecified atom stereocenters. The van der Waals surface area contributed by atoms with Gasteiger partial charge in [0.25, 0.3) is 0 Å². The van der Waals surface area contributed by atoms with Crippen LogP contribution in [0.4, 0.5) is 0 Å². The lowest BCUT2D eigenvalue weighted by atomic mass is 10.2. The number of carbonyl (C=O) groups is 1. The third-order valence-electron chi connectivity index (χ3n) is 1.69. The largest absolute Gasteiger partial charge is 0.480 e. The molecule has 0 bridgehead atoms. The number of aliphatic imine (C=N–C) groups is 1. The number of carbonyl (C=O) groups excluding carboxylic acids is 1. The average molecular weight is 193 g/mol. The number of rotatable bonds is 3. The van der Waals surface area contributed by atoms with Crippen LogP contribution in [0.3, 0.4) is 0 Å². The van der Waals surface area contributed by atoms with Gasteiger partial charge in [-0.2, -0.15) is 0 Å². The summed E-state index contributed by atoms with van der Waals surface area (Å²) in [5.41, 5.74) is 0.662. The molecule has 0 amide bonds. The Morgan fingerprint density at radius 3 is 2.86 bits per heavy atom. The van der Waals surface area contributed by atoms with Crippen LogP contribution in [0.1, 0.15) is 21.9 Å². The lowest BCUT2D eigenvalue weighted by Crippen LogP contribution is -2.02. The maximum absolute atomic E-state index is 10.4. The van der Waals surface area contributed by atoms with Gasteiger partial charge in [-0.25, -0.2) is 4.99 Å². The van der Waals surface area contributed by atoms with Crippen LogP contribution in [-0.4, -0.2) is 19.3 Å². The van der Waals surface area contributed by atoms with Crippen LogP contribution in [0.2, 0.25) is 0 Å². The molecule has 1 heterocycles. The maximum atomic E-state index is 10.4. The molecule has 1 aromatic heterocycles. The van der Waals surface area contributed by atoms with E-state index in [1.54, 1.807) is 13.0 Å². The molecule has 0 saturated carbocycles. The molecule has 0 aromatic carbocycles. The molecule has 4 nitrogen and oxygen atoms in total. The summed E-state index contributed by atoms with van der Waals surface area (Å²) in [4.78, 5) is 14.3. The van der Waals surface area contributed by atoms with Crippen molar-refractivity contribution in [2.75, 3.05) is 7.11 Å². The van der Waals surface area contributed by atoms with Crippen molar-refractivity contribution in [1.29, 1.82) is 0 Å². The van der Waals surface area contributed by atoms with E-state index >= 15 is 0 Å². The number of hydrogen-bond donors (Lipinski definition) is 0. The van der Waals surface area contributed by atoms with Gasteiger partial charge < -0.3 is 9.15 Å². The van der Waals surface area contributed by atoms with Gasteiger partial charge in [0, 0.05) is 12.3 Å². The van der Waals surface area contributed by atoms with Gasteiger partial charge in [0.05, 0.1) is 12.7 Å². The molecule has 0 aliphatic carbocycles. The van der Waals surface area contributed by atoms with Crippen LogP contribution >= 0.6 is 0 Å². The van der Waals surface area contributed by atoms with Gasteiger partial charge in [0.1, 0.15) is 5.76 Å². The molecule has 0 spiro atoms. The van der Waals surface area contributed by atoms with Gasteiger partial charge >= 0.3 is 0 Å². The summed E-state index contributed by atoms with van der Waals surface area (Å²) in [6, 6.07) is 1.58. The summed E-state index contributed by atoms with van der Waals surface area (Å²) in [5.74, 6) is 1.23. The highest BCUT2D eigenvalue weighted by Gasteiger charge is 2.12. The van der Waals surface area contributed by atoms with Crippen LogP contribution in [0, 0.1) is 6.92 Å². The minimum absolute atomic E-state index is 0.256. The Labute approximate surface area is 81.9 Å². The van der Waals surface area contributed by atoms with Crippen molar-refractivity contribution in [1.82, 2.24) is 0 Å². The molecule has 0 aliphatic heterocycles. The van der Waals surface area contributed by atoms with E-state index in [0.29, 0.717) is 23.5 Å². The van der Waals surface area contributed by atoms with Gasteiger partial charge in [0.15, 0.2) is 12.0 Å². The van der Waals surface area contributed by atoms with Crippen molar-refractivity contribution < 1.29 is 13.9 Å². The summed E-state index contributed by atoms with van der Waals surface area (Å²) >= 11 is 0. The molecule has 0 N–H and O–H groups in total. The molecule has 1 aromatic rings. The Morgan fingerprint density at radius 1 is 1.71 bits per heavy atom. The van der Waals surface area contributed by atoms with E-state index in [-0.39, 0.29) is 5.76 Å². The van der Waals surface area contributed by atoms with Gasteiger partial charge in [0.2, 0.25) is 5.90 Å². The predicted octanol–water partition coefficient (Wildman–Crippen LogP) is 1.94. The Balaban J connectivity index is 3.15. The van der Waals surface area contributed by atoms with Crippen molar-refractivity contribution in [2.45, 2.75) is 6.92 Å². The van der Waals surface area contributed by atoms with E-state index in [0.717, 1.165) is 0 Å². The summed E-state index contributed by atoms with van der Waals surface area (Å²) < 4.78 is 10.1. The number of aldehydes is 1. The standard InChI is InChI=1S/C10H11NO3/c1-4-11-10(13-3)9-5-8(6-12)14-7(9)2/h4-6H,1H2,2-3H3. The zero-order valence-electron chi connectivity index (χ0n) is 8.11. The summed E-state index contributed by atoms with van der Waals surface area (Å²) in [7, 11) is 1.50. The van der Waals surface area contributed by atoms with Crippen molar-refractivity contribution >= 4 is 12.2 Å².